The first-order valence-electron chi connectivity index (χ1n) is 6.21. The van der Waals surface area contributed by atoms with Crippen LogP contribution in [-0.2, 0) is 5.75 Å². The van der Waals surface area contributed by atoms with E-state index in [1.807, 2.05) is 48.5 Å². The Morgan fingerprint density at radius 2 is 1.30 bits per heavy atom. The summed E-state index contributed by atoms with van der Waals surface area (Å²) in [5, 5.41) is 17.0. The molecule has 0 N–H and O–H groups in total. The second-order valence-electron chi connectivity index (χ2n) is 4.15. The molecule has 3 aromatic rings. The summed E-state index contributed by atoms with van der Waals surface area (Å²) in [6, 6.07) is 19.9. The van der Waals surface area contributed by atoms with Crippen molar-refractivity contribution in [2.75, 3.05) is 0 Å². The molecule has 0 bridgehead atoms. The normalized spacial score (nSPS) is 10.4. The number of rotatable bonds is 4. The van der Waals surface area contributed by atoms with Crippen molar-refractivity contribution in [2.24, 2.45) is 0 Å². The molecule has 0 aliphatic carbocycles. The van der Waals surface area contributed by atoms with E-state index in [1.165, 1.54) is 17.3 Å². The summed E-state index contributed by atoms with van der Waals surface area (Å²) < 4.78 is 0. The molecule has 0 saturated carbocycles. The molecule has 2 aromatic carbocycles. The van der Waals surface area contributed by atoms with Gasteiger partial charge in [0, 0.05) is 11.3 Å². The Labute approximate surface area is 121 Å². The van der Waals surface area contributed by atoms with E-state index in [1.54, 1.807) is 0 Å². The molecule has 0 aliphatic heterocycles. The summed E-state index contributed by atoms with van der Waals surface area (Å²) in [4.78, 5) is 0. The molecule has 0 saturated heterocycles. The second kappa shape index (κ2) is 6.25. The fraction of sp³-hybridized carbons (Fsp3) is 0.0667. The molecule has 5 heteroatoms. The first-order chi connectivity index (χ1) is 9.92. The van der Waals surface area contributed by atoms with Crippen LogP contribution in [0.15, 0.2) is 65.8 Å². The summed E-state index contributed by atoms with van der Waals surface area (Å²) >= 11 is 1.53. The molecule has 0 radical (unpaired) electrons. The SMILES string of the molecule is c1ccc(CSc2nnc(-c3ccccc3)nn2)cc1. The Balaban J connectivity index is 1.68. The Morgan fingerprint density at radius 1 is 0.700 bits per heavy atom. The molecule has 98 valence electrons. The average molecular weight is 280 g/mol. The molecule has 0 aliphatic rings. The van der Waals surface area contributed by atoms with E-state index in [4.69, 9.17) is 0 Å². The third kappa shape index (κ3) is 3.19. The van der Waals surface area contributed by atoms with Gasteiger partial charge in [-0.05, 0) is 5.56 Å². The summed E-state index contributed by atoms with van der Waals surface area (Å²) in [6.07, 6.45) is 0. The molecule has 0 atom stereocenters. The molecular formula is C15H12N4S. The lowest BCUT2D eigenvalue weighted by Gasteiger charge is -2.00. The number of aromatic nitrogens is 4. The first kappa shape index (κ1) is 12.7. The van der Waals surface area contributed by atoms with Crippen LogP contribution < -0.4 is 0 Å². The Kier molecular flexibility index (Phi) is 3.99. The van der Waals surface area contributed by atoms with Gasteiger partial charge in [0.25, 0.3) is 0 Å². The summed E-state index contributed by atoms with van der Waals surface area (Å²) in [7, 11) is 0. The van der Waals surface area contributed by atoms with Gasteiger partial charge in [0.15, 0.2) is 0 Å². The van der Waals surface area contributed by atoms with Gasteiger partial charge in [-0.15, -0.1) is 20.4 Å². The Hall–Kier alpha value is -2.27. The topological polar surface area (TPSA) is 51.6 Å². The molecule has 4 nitrogen and oxygen atoms in total. The van der Waals surface area contributed by atoms with Crippen molar-refractivity contribution in [1.29, 1.82) is 0 Å². The van der Waals surface area contributed by atoms with Crippen LogP contribution in [0.25, 0.3) is 11.4 Å². The van der Waals surface area contributed by atoms with Crippen LogP contribution in [0.2, 0.25) is 0 Å². The Bertz CT molecular complexity index is 656. The number of hydrogen-bond donors (Lipinski definition) is 0. The summed E-state index contributed by atoms with van der Waals surface area (Å²) in [6.45, 7) is 0. The van der Waals surface area contributed by atoms with Gasteiger partial charge in [-0.3, -0.25) is 0 Å². The lowest BCUT2D eigenvalue weighted by molar-refractivity contribution is 0.754. The highest BCUT2D eigenvalue weighted by molar-refractivity contribution is 7.98. The zero-order chi connectivity index (χ0) is 13.6. The molecule has 0 amide bonds. The fourth-order valence-electron chi connectivity index (χ4n) is 1.70. The molecular weight excluding hydrogens is 268 g/mol. The zero-order valence-electron chi connectivity index (χ0n) is 10.7. The number of benzene rings is 2. The van der Waals surface area contributed by atoms with Crippen molar-refractivity contribution < 1.29 is 0 Å². The van der Waals surface area contributed by atoms with Gasteiger partial charge >= 0.3 is 0 Å². The van der Waals surface area contributed by atoms with Crippen molar-refractivity contribution in [1.82, 2.24) is 20.4 Å². The van der Waals surface area contributed by atoms with Gasteiger partial charge in [-0.2, -0.15) is 0 Å². The number of thioether (sulfide) groups is 1. The van der Waals surface area contributed by atoms with Gasteiger partial charge in [0.1, 0.15) is 0 Å². The van der Waals surface area contributed by atoms with Crippen molar-refractivity contribution >= 4 is 11.8 Å². The lowest BCUT2D eigenvalue weighted by Crippen LogP contribution is -1.98. The van der Waals surface area contributed by atoms with Gasteiger partial charge in [0.2, 0.25) is 11.0 Å². The van der Waals surface area contributed by atoms with Crippen LogP contribution in [0.1, 0.15) is 5.56 Å². The van der Waals surface area contributed by atoms with Crippen molar-refractivity contribution in [3.05, 3.63) is 66.2 Å². The van der Waals surface area contributed by atoms with E-state index >= 15 is 0 Å². The van der Waals surface area contributed by atoms with Gasteiger partial charge < -0.3 is 0 Å². The predicted molar refractivity (Wildman–Crippen MR) is 79.1 cm³/mol. The van der Waals surface area contributed by atoms with Gasteiger partial charge in [-0.25, -0.2) is 0 Å². The molecule has 20 heavy (non-hydrogen) atoms. The average Bonchev–Trinajstić information content (AvgIpc) is 2.55. The molecule has 0 spiro atoms. The maximum Gasteiger partial charge on any atom is 0.230 e. The van der Waals surface area contributed by atoms with E-state index in [9.17, 15) is 0 Å². The van der Waals surface area contributed by atoms with Crippen LogP contribution in [-0.4, -0.2) is 20.4 Å². The van der Waals surface area contributed by atoms with Crippen LogP contribution in [0.3, 0.4) is 0 Å². The molecule has 1 aromatic heterocycles. The maximum atomic E-state index is 4.12. The highest BCUT2D eigenvalue weighted by Gasteiger charge is 2.04. The lowest BCUT2D eigenvalue weighted by atomic mass is 10.2. The number of hydrogen-bond acceptors (Lipinski definition) is 5. The molecule has 0 unspecified atom stereocenters. The maximum absolute atomic E-state index is 4.12. The Morgan fingerprint density at radius 3 is 1.95 bits per heavy atom. The van der Waals surface area contributed by atoms with Crippen LogP contribution in [0, 0.1) is 0 Å². The minimum atomic E-state index is 0.551. The van der Waals surface area contributed by atoms with E-state index in [-0.39, 0.29) is 0 Å². The standard InChI is InChI=1S/C15H12N4S/c1-3-7-12(8-4-1)11-20-15-18-16-14(17-19-15)13-9-5-2-6-10-13/h1-10H,11H2. The molecule has 1 heterocycles. The largest absolute Gasteiger partial charge is 0.230 e. The van der Waals surface area contributed by atoms with Gasteiger partial charge in [-0.1, -0.05) is 72.4 Å². The predicted octanol–water partition coefficient (Wildman–Crippen LogP) is 3.23. The smallest absolute Gasteiger partial charge is 0.125 e. The molecule has 0 fully saturated rings. The van der Waals surface area contributed by atoms with E-state index in [0.717, 1.165) is 11.3 Å². The third-order valence-corrected chi connectivity index (χ3v) is 3.60. The first-order valence-corrected chi connectivity index (χ1v) is 7.20. The molecule has 3 rings (SSSR count). The monoisotopic (exact) mass is 280 g/mol. The van der Waals surface area contributed by atoms with Crippen molar-refractivity contribution in [3.8, 4) is 11.4 Å². The summed E-state index contributed by atoms with van der Waals surface area (Å²) in [5.41, 5.74) is 2.15. The van der Waals surface area contributed by atoms with Crippen LogP contribution in [0.5, 0.6) is 0 Å². The summed E-state index contributed by atoms with van der Waals surface area (Å²) in [5.74, 6) is 1.36. The quantitative estimate of drug-likeness (QED) is 0.687. The van der Waals surface area contributed by atoms with Crippen LogP contribution in [0.4, 0.5) is 0 Å². The van der Waals surface area contributed by atoms with Crippen molar-refractivity contribution in [2.45, 2.75) is 10.9 Å². The van der Waals surface area contributed by atoms with E-state index in [2.05, 4.69) is 32.5 Å². The highest BCUT2D eigenvalue weighted by atomic mass is 32.2. The minimum absolute atomic E-state index is 0.551. The second-order valence-corrected chi connectivity index (χ2v) is 5.09. The zero-order valence-corrected chi connectivity index (χ0v) is 11.5. The third-order valence-electron chi connectivity index (χ3n) is 2.70. The minimum Gasteiger partial charge on any atom is -0.125 e. The van der Waals surface area contributed by atoms with Crippen molar-refractivity contribution in [3.63, 3.8) is 0 Å². The highest BCUT2D eigenvalue weighted by Crippen LogP contribution is 2.18. The number of nitrogens with zero attached hydrogens (tertiary/aromatic N) is 4. The fourth-order valence-corrected chi connectivity index (χ4v) is 2.39. The van der Waals surface area contributed by atoms with E-state index in [0.29, 0.717) is 11.0 Å². The van der Waals surface area contributed by atoms with E-state index < -0.39 is 0 Å². The van der Waals surface area contributed by atoms with Crippen LogP contribution >= 0.6 is 11.8 Å². The van der Waals surface area contributed by atoms with Gasteiger partial charge in [0.05, 0.1) is 0 Å².